The first-order valence-corrected chi connectivity index (χ1v) is 7.47. The highest BCUT2D eigenvalue weighted by atomic mass is 32.1. The van der Waals surface area contributed by atoms with E-state index in [9.17, 15) is 14.7 Å². The molecule has 2 N–H and O–H groups in total. The summed E-state index contributed by atoms with van der Waals surface area (Å²) in [6, 6.07) is 3.19. The predicted octanol–water partition coefficient (Wildman–Crippen LogP) is 0.914. The number of amides is 1. The number of carboxylic acid groups (broad SMARTS) is 1. The molecule has 118 valence electrons. The zero-order valence-corrected chi connectivity index (χ0v) is 13.1. The molecule has 22 heavy (non-hydrogen) atoms. The monoisotopic (exact) mass is 323 g/mol. The average Bonchev–Trinajstić information content (AvgIpc) is 3.07. The summed E-state index contributed by atoms with van der Waals surface area (Å²) in [7, 11) is 3.32. The van der Waals surface area contributed by atoms with E-state index in [-0.39, 0.29) is 23.7 Å². The van der Waals surface area contributed by atoms with E-state index in [0.717, 1.165) is 11.3 Å². The molecule has 7 nitrogen and oxygen atoms in total. The number of aryl methyl sites for hydroxylation is 1. The third-order valence-corrected chi connectivity index (χ3v) is 4.26. The van der Waals surface area contributed by atoms with Crippen molar-refractivity contribution in [2.75, 3.05) is 13.6 Å². The number of aliphatic hydroxyl groups excluding tert-OH is 1. The van der Waals surface area contributed by atoms with Crippen molar-refractivity contribution in [3.05, 3.63) is 39.8 Å². The van der Waals surface area contributed by atoms with Crippen molar-refractivity contribution >= 4 is 23.2 Å². The van der Waals surface area contributed by atoms with E-state index in [4.69, 9.17) is 5.11 Å². The zero-order valence-electron chi connectivity index (χ0n) is 12.3. The van der Waals surface area contributed by atoms with Crippen LogP contribution in [-0.4, -0.2) is 50.4 Å². The lowest BCUT2D eigenvalue weighted by Gasteiger charge is -2.21. The lowest BCUT2D eigenvalue weighted by molar-refractivity contribution is -0.130. The first kappa shape index (κ1) is 16.2. The van der Waals surface area contributed by atoms with Crippen LogP contribution in [0, 0.1) is 0 Å². The largest absolute Gasteiger partial charge is 0.477 e. The predicted molar refractivity (Wildman–Crippen MR) is 80.8 cm³/mol. The Bertz CT molecular complexity index is 679. The highest BCUT2D eigenvalue weighted by Crippen LogP contribution is 2.17. The first-order chi connectivity index (χ1) is 10.4. The normalized spacial score (nSPS) is 12.1. The SMILES string of the molecule is CN(CC(O)c1ccnn1C)C(=O)Cc1csc(C(=O)O)c1. The van der Waals surface area contributed by atoms with Gasteiger partial charge in [-0.1, -0.05) is 0 Å². The van der Waals surface area contributed by atoms with Crippen LogP contribution in [0.3, 0.4) is 0 Å². The lowest BCUT2D eigenvalue weighted by Crippen LogP contribution is -2.32. The van der Waals surface area contributed by atoms with Crippen molar-refractivity contribution < 1.29 is 19.8 Å². The number of nitrogens with zero attached hydrogens (tertiary/aromatic N) is 3. The summed E-state index contributed by atoms with van der Waals surface area (Å²) in [6.45, 7) is 0.147. The van der Waals surface area contributed by atoms with E-state index in [0.29, 0.717) is 11.3 Å². The minimum atomic E-state index is -0.997. The molecule has 0 fully saturated rings. The molecule has 0 aliphatic carbocycles. The van der Waals surface area contributed by atoms with E-state index in [1.54, 1.807) is 36.4 Å². The quantitative estimate of drug-likeness (QED) is 0.824. The first-order valence-electron chi connectivity index (χ1n) is 6.59. The molecule has 2 aromatic rings. The van der Waals surface area contributed by atoms with Crippen LogP contribution in [0.25, 0.3) is 0 Å². The minimum absolute atomic E-state index is 0.110. The van der Waals surface area contributed by atoms with Crippen molar-refractivity contribution in [2.24, 2.45) is 7.05 Å². The number of hydrogen-bond acceptors (Lipinski definition) is 5. The van der Waals surface area contributed by atoms with Gasteiger partial charge in [0.1, 0.15) is 11.0 Å². The number of aliphatic hydroxyl groups is 1. The van der Waals surface area contributed by atoms with E-state index in [1.165, 1.54) is 11.0 Å². The molecule has 8 heteroatoms. The number of thiophene rings is 1. The molecule has 0 radical (unpaired) electrons. The van der Waals surface area contributed by atoms with Crippen molar-refractivity contribution in [1.82, 2.24) is 14.7 Å². The van der Waals surface area contributed by atoms with Gasteiger partial charge in [-0.15, -0.1) is 11.3 Å². The second-order valence-electron chi connectivity index (χ2n) is 4.97. The van der Waals surface area contributed by atoms with Crippen molar-refractivity contribution in [3.63, 3.8) is 0 Å². The van der Waals surface area contributed by atoms with Crippen molar-refractivity contribution in [2.45, 2.75) is 12.5 Å². The number of aromatic nitrogens is 2. The average molecular weight is 323 g/mol. The summed E-state index contributed by atoms with van der Waals surface area (Å²) < 4.78 is 1.56. The van der Waals surface area contributed by atoms with E-state index in [1.807, 2.05) is 0 Å². The number of carboxylic acids is 1. The summed E-state index contributed by atoms with van der Waals surface area (Å²) in [4.78, 5) is 24.6. The Labute approximate surface area is 131 Å². The molecule has 2 heterocycles. The summed E-state index contributed by atoms with van der Waals surface area (Å²) in [5.74, 6) is -1.18. The Hall–Kier alpha value is -2.19. The van der Waals surface area contributed by atoms with Gasteiger partial charge in [-0.25, -0.2) is 4.79 Å². The summed E-state index contributed by atoms with van der Waals surface area (Å²) in [5.41, 5.74) is 1.29. The maximum atomic E-state index is 12.1. The van der Waals surface area contributed by atoms with Crippen LogP contribution < -0.4 is 0 Å². The Morgan fingerprint density at radius 2 is 2.23 bits per heavy atom. The number of rotatable bonds is 6. The van der Waals surface area contributed by atoms with Crippen LogP contribution >= 0.6 is 11.3 Å². The number of aromatic carboxylic acids is 1. The van der Waals surface area contributed by atoms with E-state index < -0.39 is 12.1 Å². The standard InChI is InChI=1S/C14H17N3O4S/c1-16(7-11(18)10-3-4-15-17(10)2)13(19)6-9-5-12(14(20)21)22-8-9/h3-5,8,11,18H,6-7H2,1-2H3,(H,20,21). The summed E-state index contributed by atoms with van der Waals surface area (Å²) in [6.07, 6.45) is 0.871. The van der Waals surface area contributed by atoms with Gasteiger partial charge < -0.3 is 15.1 Å². The molecule has 0 spiro atoms. The lowest BCUT2D eigenvalue weighted by atomic mass is 10.2. The van der Waals surface area contributed by atoms with Crippen LogP contribution in [0.1, 0.15) is 27.0 Å². The fourth-order valence-corrected chi connectivity index (χ4v) is 2.81. The topological polar surface area (TPSA) is 95.7 Å². The van der Waals surface area contributed by atoms with Gasteiger partial charge in [-0.2, -0.15) is 5.10 Å². The molecule has 1 amide bonds. The van der Waals surface area contributed by atoms with Gasteiger partial charge in [0.15, 0.2) is 0 Å². The molecular weight excluding hydrogens is 306 g/mol. The Balaban J connectivity index is 1.94. The Kier molecular flexibility index (Phi) is 4.94. The maximum absolute atomic E-state index is 12.1. The van der Waals surface area contributed by atoms with Gasteiger partial charge in [-0.05, 0) is 23.1 Å². The number of hydrogen-bond donors (Lipinski definition) is 2. The van der Waals surface area contributed by atoms with Crippen LogP contribution in [0.2, 0.25) is 0 Å². The maximum Gasteiger partial charge on any atom is 0.345 e. The molecule has 0 saturated carbocycles. The molecular formula is C14H17N3O4S. The molecule has 1 unspecified atom stereocenters. The van der Waals surface area contributed by atoms with Gasteiger partial charge in [0.05, 0.1) is 18.7 Å². The molecule has 0 bridgehead atoms. The fraction of sp³-hybridized carbons (Fsp3) is 0.357. The van der Waals surface area contributed by atoms with E-state index in [2.05, 4.69) is 5.10 Å². The smallest absolute Gasteiger partial charge is 0.345 e. The van der Waals surface area contributed by atoms with Gasteiger partial charge in [0.25, 0.3) is 0 Å². The van der Waals surface area contributed by atoms with Crippen LogP contribution in [-0.2, 0) is 18.3 Å². The van der Waals surface area contributed by atoms with Gasteiger partial charge in [0.2, 0.25) is 5.91 Å². The highest BCUT2D eigenvalue weighted by Gasteiger charge is 2.18. The number of likely N-dealkylation sites (N-methyl/N-ethyl adjacent to an activating group) is 1. The van der Waals surface area contributed by atoms with Crippen molar-refractivity contribution in [1.29, 1.82) is 0 Å². The number of carbonyl (C=O) groups is 2. The van der Waals surface area contributed by atoms with E-state index >= 15 is 0 Å². The molecule has 0 aliphatic heterocycles. The molecule has 2 aromatic heterocycles. The highest BCUT2D eigenvalue weighted by molar-refractivity contribution is 7.12. The summed E-state index contributed by atoms with van der Waals surface area (Å²) in [5, 5.41) is 24.6. The van der Waals surface area contributed by atoms with Gasteiger partial charge in [0, 0.05) is 20.3 Å². The molecule has 0 aliphatic rings. The molecule has 1 atom stereocenters. The zero-order chi connectivity index (χ0) is 16.3. The van der Waals surface area contributed by atoms with Gasteiger partial charge >= 0.3 is 5.97 Å². The third kappa shape index (κ3) is 3.71. The number of carbonyl (C=O) groups excluding carboxylic acids is 1. The minimum Gasteiger partial charge on any atom is -0.477 e. The van der Waals surface area contributed by atoms with Crippen LogP contribution in [0.15, 0.2) is 23.7 Å². The van der Waals surface area contributed by atoms with Gasteiger partial charge in [-0.3, -0.25) is 9.48 Å². The second-order valence-corrected chi connectivity index (χ2v) is 5.88. The van der Waals surface area contributed by atoms with Crippen LogP contribution in [0.4, 0.5) is 0 Å². The molecule has 2 rings (SSSR count). The Morgan fingerprint density at radius 3 is 2.77 bits per heavy atom. The third-order valence-electron chi connectivity index (χ3n) is 3.29. The fourth-order valence-electron chi connectivity index (χ4n) is 2.06. The van der Waals surface area contributed by atoms with Crippen LogP contribution in [0.5, 0.6) is 0 Å². The molecule has 0 aromatic carbocycles. The molecule has 0 saturated heterocycles. The van der Waals surface area contributed by atoms with Crippen molar-refractivity contribution in [3.8, 4) is 0 Å². The Morgan fingerprint density at radius 1 is 1.50 bits per heavy atom. The summed E-state index contributed by atoms with van der Waals surface area (Å²) >= 11 is 1.09. The second kappa shape index (κ2) is 6.71.